The number of nitrogens with one attached hydrogen (secondary N) is 1. The van der Waals surface area contributed by atoms with Gasteiger partial charge in [-0.1, -0.05) is 48.9 Å². The number of thiophene rings is 1. The van der Waals surface area contributed by atoms with E-state index in [-0.39, 0.29) is 6.04 Å². The maximum atomic E-state index is 6.22. The Morgan fingerprint density at radius 1 is 1.24 bits per heavy atom. The summed E-state index contributed by atoms with van der Waals surface area (Å²) < 4.78 is 1.50. The summed E-state index contributed by atoms with van der Waals surface area (Å²) in [5, 5.41) is 0. The molecule has 1 atom stereocenters. The predicted molar refractivity (Wildman–Crippen MR) is 75.6 cm³/mol. The molecular formula is C12H18Cl2N2S. The van der Waals surface area contributed by atoms with E-state index in [0.29, 0.717) is 5.92 Å². The molecular weight excluding hydrogens is 275 g/mol. The molecule has 1 aliphatic rings. The fraction of sp³-hybridized carbons (Fsp3) is 0.667. The molecule has 1 saturated carbocycles. The molecule has 1 unspecified atom stereocenters. The van der Waals surface area contributed by atoms with Crippen molar-refractivity contribution in [2.45, 2.75) is 44.6 Å². The van der Waals surface area contributed by atoms with E-state index in [1.165, 1.54) is 49.9 Å². The smallest absolute Gasteiger partial charge is 0.0992 e. The summed E-state index contributed by atoms with van der Waals surface area (Å²) in [5.74, 6) is 6.29. The van der Waals surface area contributed by atoms with Crippen LogP contribution >= 0.6 is 34.5 Å². The molecule has 0 radical (unpaired) electrons. The van der Waals surface area contributed by atoms with E-state index in [9.17, 15) is 0 Å². The van der Waals surface area contributed by atoms with Gasteiger partial charge in [-0.2, -0.15) is 0 Å². The largest absolute Gasteiger partial charge is 0.271 e. The van der Waals surface area contributed by atoms with Gasteiger partial charge in [-0.15, -0.1) is 11.3 Å². The molecule has 17 heavy (non-hydrogen) atoms. The minimum absolute atomic E-state index is 0.143. The molecule has 1 aromatic heterocycles. The van der Waals surface area contributed by atoms with Crippen LogP contribution in [0.3, 0.4) is 0 Å². The Bertz CT molecular complexity index is 359. The van der Waals surface area contributed by atoms with E-state index in [0.717, 1.165) is 14.2 Å². The molecule has 96 valence electrons. The van der Waals surface area contributed by atoms with Gasteiger partial charge in [0.1, 0.15) is 0 Å². The normalized spacial score (nSPS) is 20.2. The third kappa shape index (κ3) is 3.36. The molecule has 5 heteroatoms. The second-order valence-corrected chi connectivity index (χ2v) is 6.96. The maximum Gasteiger partial charge on any atom is 0.0992 e. The van der Waals surface area contributed by atoms with Crippen LogP contribution in [0.4, 0.5) is 0 Å². The topological polar surface area (TPSA) is 38.0 Å². The number of hydrazine groups is 1. The number of halogens is 2. The molecule has 2 rings (SSSR count). The van der Waals surface area contributed by atoms with Crippen LogP contribution in [0, 0.1) is 5.92 Å². The number of nitrogens with two attached hydrogens (primary N) is 1. The summed E-state index contributed by atoms with van der Waals surface area (Å²) in [6.45, 7) is 0. The lowest BCUT2D eigenvalue weighted by atomic mass is 9.89. The van der Waals surface area contributed by atoms with Crippen molar-refractivity contribution in [2.24, 2.45) is 11.8 Å². The molecule has 0 amide bonds. The monoisotopic (exact) mass is 292 g/mol. The van der Waals surface area contributed by atoms with Gasteiger partial charge >= 0.3 is 0 Å². The highest BCUT2D eigenvalue weighted by molar-refractivity contribution is 7.20. The van der Waals surface area contributed by atoms with Gasteiger partial charge in [0.2, 0.25) is 0 Å². The van der Waals surface area contributed by atoms with E-state index >= 15 is 0 Å². The fourth-order valence-electron chi connectivity index (χ4n) is 2.69. The van der Waals surface area contributed by atoms with Crippen molar-refractivity contribution in [3.63, 3.8) is 0 Å². The van der Waals surface area contributed by atoms with Crippen LogP contribution in [-0.2, 0) is 0 Å². The summed E-state index contributed by atoms with van der Waals surface area (Å²) in [4.78, 5) is 0. The minimum Gasteiger partial charge on any atom is -0.271 e. The Balaban J connectivity index is 2.16. The van der Waals surface area contributed by atoms with Crippen LogP contribution in [0.25, 0.3) is 0 Å². The molecule has 1 aliphatic carbocycles. The van der Waals surface area contributed by atoms with Crippen LogP contribution in [0.15, 0.2) is 6.07 Å². The first-order chi connectivity index (χ1) is 8.22. The molecule has 1 aromatic rings. The zero-order chi connectivity index (χ0) is 12.3. The second-order valence-electron chi connectivity index (χ2n) is 4.68. The van der Waals surface area contributed by atoms with E-state index in [2.05, 4.69) is 5.43 Å². The lowest BCUT2D eigenvalue weighted by molar-refractivity contribution is 0.330. The Morgan fingerprint density at radius 3 is 2.35 bits per heavy atom. The van der Waals surface area contributed by atoms with Crippen LogP contribution in [-0.4, -0.2) is 0 Å². The summed E-state index contributed by atoms with van der Waals surface area (Å²) in [6, 6.07) is 2.09. The van der Waals surface area contributed by atoms with Gasteiger partial charge in [0.25, 0.3) is 0 Å². The average molecular weight is 293 g/mol. The van der Waals surface area contributed by atoms with Crippen molar-refractivity contribution in [1.82, 2.24) is 5.43 Å². The molecule has 0 spiro atoms. The van der Waals surface area contributed by atoms with Crippen molar-refractivity contribution < 1.29 is 0 Å². The molecule has 3 N–H and O–H groups in total. The van der Waals surface area contributed by atoms with Gasteiger partial charge in [-0.05, 0) is 24.8 Å². The quantitative estimate of drug-likeness (QED) is 0.488. The number of rotatable bonds is 3. The van der Waals surface area contributed by atoms with Gasteiger partial charge in [0.15, 0.2) is 0 Å². The highest BCUT2D eigenvalue weighted by Gasteiger charge is 2.26. The third-order valence-electron chi connectivity index (χ3n) is 3.57. The first-order valence-electron chi connectivity index (χ1n) is 6.13. The lowest BCUT2D eigenvalue weighted by Crippen LogP contribution is -2.33. The average Bonchev–Trinajstić information content (AvgIpc) is 2.55. The maximum absolute atomic E-state index is 6.22. The van der Waals surface area contributed by atoms with Crippen LogP contribution in [0.1, 0.15) is 50.1 Å². The zero-order valence-corrected chi connectivity index (χ0v) is 12.0. The van der Waals surface area contributed by atoms with Crippen LogP contribution < -0.4 is 11.3 Å². The molecule has 0 bridgehead atoms. The van der Waals surface area contributed by atoms with Gasteiger partial charge < -0.3 is 0 Å². The number of hydrogen-bond acceptors (Lipinski definition) is 3. The molecule has 0 aromatic carbocycles. The zero-order valence-electron chi connectivity index (χ0n) is 9.72. The summed E-state index contributed by atoms with van der Waals surface area (Å²) in [6.07, 6.45) is 7.70. The SMILES string of the molecule is NNC(c1cc(Cl)sc1Cl)C1CCCCCC1. The Labute approximate surface area is 116 Å². The van der Waals surface area contributed by atoms with E-state index in [1.807, 2.05) is 6.07 Å². The second kappa shape index (κ2) is 6.39. The standard InChI is InChI=1S/C12H18Cl2N2S/c13-10-7-9(12(14)17-10)11(16-15)8-5-3-1-2-4-6-8/h7-8,11,16H,1-6,15H2. The summed E-state index contributed by atoms with van der Waals surface area (Å²) in [5.41, 5.74) is 4.00. The minimum atomic E-state index is 0.143. The van der Waals surface area contributed by atoms with Crippen LogP contribution in [0.2, 0.25) is 8.67 Å². The highest BCUT2D eigenvalue weighted by Crippen LogP contribution is 2.40. The molecule has 0 saturated heterocycles. The van der Waals surface area contributed by atoms with Crippen LogP contribution in [0.5, 0.6) is 0 Å². The summed E-state index contributed by atoms with van der Waals surface area (Å²) >= 11 is 13.6. The lowest BCUT2D eigenvalue weighted by Gasteiger charge is -2.25. The van der Waals surface area contributed by atoms with Crippen molar-refractivity contribution in [3.05, 3.63) is 20.3 Å². The van der Waals surface area contributed by atoms with Crippen molar-refractivity contribution in [2.75, 3.05) is 0 Å². The highest BCUT2D eigenvalue weighted by atomic mass is 35.5. The van der Waals surface area contributed by atoms with Crippen molar-refractivity contribution in [3.8, 4) is 0 Å². The van der Waals surface area contributed by atoms with E-state index < -0.39 is 0 Å². The van der Waals surface area contributed by atoms with Crippen molar-refractivity contribution in [1.29, 1.82) is 0 Å². The first-order valence-corrected chi connectivity index (χ1v) is 7.70. The Morgan fingerprint density at radius 2 is 1.88 bits per heavy atom. The van der Waals surface area contributed by atoms with Gasteiger partial charge in [0.05, 0.1) is 14.7 Å². The van der Waals surface area contributed by atoms with Crippen molar-refractivity contribution >= 4 is 34.5 Å². The number of hydrogen-bond donors (Lipinski definition) is 2. The first kappa shape index (κ1) is 13.6. The molecule has 2 nitrogen and oxygen atoms in total. The van der Waals surface area contributed by atoms with E-state index in [4.69, 9.17) is 29.0 Å². The third-order valence-corrected chi connectivity index (χ3v) is 5.09. The molecule has 0 aliphatic heterocycles. The van der Waals surface area contributed by atoms with E-state index in [1.54, 1.807) is 0 Å². The fourth-order valence-corrected chi connectivity index (χ4v) is 4.24. The van der Waals surface area contributed by atoms with Gasteiger partial charge in [0, 0.05) is 5.56 Å². The van der Waals surface area contributed by atoms with Gasteiger partial charge in [-0.3, -0.25) is 11.3 Å². The van der Waals surface area contributed by atoms with Gasteiger partial charge in [-0.25, -0.2) is 0 Å². The summed E-state index contributed by atoms with van der Waals surface area (Å²) in [7, 11) is 0. The molecule has 1 heterocycles. The predicted octanol–water partition coefficient (Wildman–Crippen LogP) is 4.53. The Hall–Kier alpha value is 0.200. The molecule has 1 fully saturated rings. The Kier molecular flexibility index (Phi) is 5.12.